The minimum atomic E-state index is 0.291. The average molecular weight is 207 g/mol. The molecule has 1 aromatic rings. The summed E-state index contributed by atoms with van der Waals surface area (Å²) in [6.07, 6.45) is 11.5. The summed E-state index contributed by atoms with van der Waals surface area (Å²) in [5, 5.41) is 0. The van der Waals surface area contributed by atoms with Crippen molar-refractivity contribution in [2.45, 2.75) is 51.0 Å². The van der Waals surface area contributed by atoms with E-state index in [2.05, 4.69) is 16.5 Å². The summed E-state index contributed by atoms with van der Waals surface area (Å²) in [6.45, 7) is 3.07. The Labute approximate surface area is 91.7 Å². The molecule has 0 saturated heterocycles. The van der Waals surface area contributed by atoms with Gasteiger partial charge >= 0.3 is 0 Å². The summed E-state index contributed by atoms with van der Waals surface area (Å²) in [5.41, 5.74) is 7.20. The molecule has 84 valence electrons. The highest BCUT2D eigenvalue weighted by atomic mass is 15.1. The van der Waals surface area contributed by atoms with Gasteiger partial charge in [0.25, 0.3) is 0 Å². The van der Waals surface area contributed by atoms with Crippen molar-refractivity contribution in [1.29, 1.82) is 0 Å². The van der Waals surface area contributed by atoms with E-state index in [0.717, 1.165) is 6.42 Å². The smallest absolute Gasteiger partial charge is 0.0953 e. The van der Waals surface area contributed by atoms with Crippen LogP contribution in [0.2, 0.25) is 0 Å². The summed E-state index contributed by atoms with van der Waals surface area (Å²) < 4.78 is 2.36. The van der Waals surface area contributed by atoms with Gasteiger partial charge in [0, 0.05) is 23.9 Å². The molecule has 1 heterocycles. The molecule has 1 saturated carbocycles. The molecule has 2 N–H and O–H groups in total. The summed E-state index contributed by atoms with van der Waals surface area (Å²) in [7, 11) is 0. The number of hydrogen-bond donors (Lipinski definition) is 1. The molecule has 1 aromatic heterocycles. The molecular formula is C12H21N3. The van der Waals surface area contributed by atoms with Crippen LogP contribution in [0, 0.1) is 0 Å². The highest BCUT2D eigenvalue weighted by Crippen LogP contribution is 2.35. The van der Waals surface area contributed by atoms with Crippen molar-refractivity contribution >= 4 is 0 Å². The minimum absolute atomic E-state index is 0.291. The third-order valence-corrected chi connectivity index (χ3v) is 3.63. The SMILES string of the molecule is CC1(n2cncc2CCN)CCCCC1. The Bertz CT molecular complexity index is 310. The predicted octanol–water partition coefficient (Wildman–Crippen LogP) is 2.06. The zero-order valence-corrected chi connectivity index (χ0v) is 9.58. The van der Waals surface area contributed by atoms with Gasteiger partial charge in [0.1, 0.15) is 0 Å². The maximum atomic E-state index is 5.62. The van der Waals surface area contributed by atoms with E-state index in [4.69, 9.17) is 5.73 Å². The second kappa shape index (κ2) is 4.35. The summed E-state index contributed by atoms with van der Waals surface area (Å²) in [4.78, 5) is 4.27. The van der Waals surface area contributed by atoms with Crippen LogP contribution in [0.1, 0.15) is 44.7 Å². The fraction of sp³-hybridized carbons (Fsp3) is 0.750. The molecule has 0 bridgehead atoms. The Balaban J connectivity index is 2.22. The number of rotatable bonds is 3. The number of aromatic nitrogens is 2. The summed E-state index contributed by atoms with van der Waals surface area (Å²) in [6, 6.07) is 0. The third-order valence-electron chi connectivity index (χ3n) is 3.63. The van der Waals surface area contributed by atoms with Crippen LogP contribution in [0.4, 0.5) is 0 Å². The first-order valence-corrected chi connectivity index (χ1v) is 5.98. The van der Waals surface area contributed by atoms with E-state index >= 15 is 0 Å². The van der Waals surface area contributed by atoms with Gasteiger partial charge in [-0.25, -0.2) is 4.98 Å². The lowest BCUT2D eigenvalue weighted by molar-refractivity contribution is 0.213. The van der Waals surface area contributed by atoms with Gasteiger partial charge in [-0.3, -0.25) is 0 Å². The molecule has 0 aromatic carbocycles. The third kappa shape index (κ3) is 2.07. The van der Waals surface area contributed by atoms with Gasteiger partial charge in [0.05, 0.1) is 6.33 Å². The molecule has 0 amide bonds. The Morgan fingerprint density at radius 2 is 2.13 bits per heavy atom. The van der Waals surface area contributed by atoms with Crippen molar-refractivity contribution in [3.05, 3.63) is 18.2 Å². The van der Waals surface area contributed by atoms with Crippen molar-refractivity contribution in [2.24, 2.45) is 5.73 Å². The first kappa shape index (κ1) is 10.7. The first-order chi connectivity index (χ1) is 7.26. The van der Waals surface area contributed by atoms with Crippen LogP contribution in [-0.4, -0.2) is 16.1 Å². The molecule has 0 unspecified atom stereocenters. The molecule has 2 rings (SSSR count). The zero-order chi connectivity index (χ0) is 10.7. The van der Waals surface area contributed by atoms with Crippen LogP contribution >= 0.6 is 0 Å². The van der Waals surface area contributed by atoms with Crippen LogP contribution in [0.15, 0.2) is 12.5 Å². The topological polar surface area (TPSA) is 43.8 Å². The van der Waals surface area contributed by atoms with Crippen molar-refractivity contribution in [3.8, 4) is 0 Å². The number of nitrogens with two attached hydrogens (primary N) is 1. The summed E-state index contributed by atoms with van der Waals surface area (Å²) in [5.74, 6) is 0. The van der Waals surface area contributed by atoms with Crippen molar-refractivity contribution in [2.75, 3.05) is 6.54 Å². The van der Waals surface area contributed by atoms with E-state index in [-0.39, 0.29) is 0 Å². The Hall–Kier alpha value is -0.830. The van der Waals surface area contributed by atoms with Gasteiger partial charge in [0.15, 0.2) is 0 Å². The summed E-state index contributed by atoms with van der Waals surface area (Å²) >= 11 is 0. The van der Waals surface area contributed by atoms with E-state index in [1.54, 1.807) is 0 Å². The van der Waals surface area contributed by atoms with Crippen LogP contribution in [0.5, 0.6) is 0 Å². The number of imidazole rings is 1. The number of hydrogen-bond acceptors (Lipinski definition) is 2. The van der Waals surface area contributed by atoms with E-state index in [1.807, 2.05) is 12.5 Å². The van der Waals surface area contributed by atoms with Gasteiger partial charge in [-0.2, -0.15) is 0 Å². The monoisotopic (exact) mass is 207 g/mol. The first-order valence-electron chi connectivity index (χ1n) is 5.98. The van der Waals surface area contributed by atoms with E-state index in [0.29, 0.717) is 12.1 Å². The van der Waals surface area contributed by atoms with Crippen molar-refractivity contribution in [1.82, 2.24) is 9.55 Å². The quantitative estimate of drug-likeness (QED) is 0.824. The predicted molar refractivity (Wildman–Crippen MR) is 61.7 cm³/mol. The molecule has 1 fully saturated rings. The maximum absolute atomic E-state index is 5.62. The lowest BCUT2D eigenvalue weighted by Gasteiger charge is -2.36. The minimum Gasteiger partial charge on any atom is -0.330 e. The van der Waals surface area contributed by atoms with Crippen LogP contribution in [-0.2, 0) is 12.0 Å². The average Bonchev–Trinajstić information content (AvgIpc) is 2.68. The standard InChI is InChI=1S/C12H21N3/c1-12(6-3-2-4-7-12)15-10-14-9-11(15)5-8-13/h9-10H,2-8,13H2,1H3. The molecule has 0 atom stereocenters. The molecule has 0 radical (unpaired) electrons. The second-order valence-corrected chi connectivity index (χ2v) is 4.85. The van der Waals surface area contributed by atoms with Gasteiger partial charge in [-0.15, -0.1) is 0 Å². The van der Waals surface area contributed by atoms with Gasteiger partial charge in [-0.1, -0.05) is 19.3 Å². The van der Waals surface area contributed by atoms with Gasteiger partial charge in [0.2, 0.25) is 0 Å². The Morgan fingerprint density at radius 1 is 1.40 bits per heavy atom. The van der Waals surface area contributed by atoms with Crippen LogP contribution in [0.25, 0.3) is 0 Å². The molecule has 0 spiro atoms. The molecule has 3 nitrogen and oxygen atoms in total. The highest BCUT2D eigenvalue weighted by molar-refractivity contribution is 5.05. The van der Waals surface area contributed by atoms with E-state index in [9.17, 15) is 0 Å². The maximum Gasteiger partial charge on any atom is 0.0953 e. The highest BCUT2D eigenvalue weighted by Gasteiger charge is 2.29. The molecule has 1 aliphatic carbocycles. The molecular weight excluding hydrogens is 186 g/mol. The molecule has 3 heteroatoms. The van der Waals surface area contributed by atoms with Crippen LogP contribution < -0.4 is 5.73 Å². The lowest BCUT2D eigenvalue weighted by Crippen LogP contribution is -2.33. The Morgan fingerprint density at radius 3 is 2.80 bits per heavy atom. The normalized spacial score (nSPS) is 20.4. The Kier molecular flexibility index (Phi) is 3.10. The molecule has 15 heavy (non-hydrogen) atoms. The lowest BCUT2D eigenvalue weighted by atomic mass is 9.83. The fourth-order valence-corrected chi connectivity index (χ4v) is 2.70. The largest absolute Gasteiger partial charge is 0.330 e. The van der Waals surface area contributed by atoms with E-state index < -0.39 is 0 Å². The van der Waals surface area contributed by atoms with Crippen LogP contribution in [0.3, 0.4) is 0 Å². The molecule has 1 aliphatic rings. The van der Waals surface area contributed by atoms with Crippen molar-refractivity contribution < 1.29 is 0 Å². The second-order valence-electron chi connectivity index (χ2n) is 4.85. The molecule has 0 aliphatic heterocycles. The number of nitrogens with zero attached hydrogens (tertiary/aromatic N) is 2. The van der Waals surface area contributed by atoms with E-state index in [1.165, 1.54) is 37.8 Å². The van der Waals surface area contributed by atoms with Gasteiger partial charge in [-0.05, 0) is 26.3 Å². The van der Waals surface area contributed by atoms with Crippen molar-refractivity contribution in [3.63, 3.8) is 0 Å². The zero-order valence-electron chi connectivity index (χ0n) is 9.58. The fourth-order valence-electron chi connectivity index (χ4n) is 2.70. The van der Waals surface area contributed by atoms with Gasteiger partial charge < -0.3 is 10.3 Å².